The quantitative estimate of drug-likeness (QED) is 0.0521. The largest absolute Gasteiger partial charge is 0.506 e. The van der Waals surface area contributed by atoms with Crippen molar-refractivity contribution in [3.63, 3.8) is 0 Å². The predicted molar refractivity (Wildman–Crippen MR) is 257 cm³/mol. The van der Waals surface area contributed by atoms with Crippen LogP contribution < -0.4 is 31.1 Å². The minimum Gasteiger partial charge on any atom is -0.506 e. The first-order valence-electron chi connectivity index (χ1n) is 22.3. The number of fused-ring (bicyclic) bond motifs is 1. The van der Waals surface area contributed by atoms with Gasteiger partial charge in [0.15, 0.2) is 0 Å². The number of nitrogens with zero attached hydrogens (tertiary/aromatic N) is 2. The molecule has 0 aliphatic carbocycles. The van der Waals surface area contributed by atoms with Gasteiger partial charge in [0, 0.05) is 74.9 Å². The number of methoxy groups -OCH3 is 1. The molecule has 1 aliphatic rings. The van der Waals surface area contributed by atoms with E-state index < -0.39 is 12.2 Å². The van der Waals surface area contributed by atoms with E-state index in [1.807, 2.05) is 104 Å². The molecule has 7 rings (SSSR count). The number of nitrogens with one attached hydrogen (secondary N) is 4. The second kappa shape index (κ2) is 22.3. The lowest BCUT2D eigenvalue weighted by Gasteiger charge is -2.31. The topological polar surface area (TPSA) is 186 Å². The number of rotatable bonds is 18. The van der Waals surface area contributed by atoms with Gasteiger partial charge in [-0.2, -0.15) is 0 Å². The third kappa shape index (κ3) is 12.4. The van der Waals surface area contributed by atoms with Crippen LogP contribution in [0.1, 0.15) is 54.5 Å². The minimum atomic E-state index is -0.892. The molecule has 0 bridgehead atoms. The van der Waals surface area contributed by atoms with Crippen molar-refractivity contribution < 1.29 is 34.1 Å². The van der Waals surface area contributed by atoms with Crippen LogP contribution in [0.15, 0.2) is 126 Å². The SMILES string of the molecule is COc1ccc(CNC(=O)Cc2ccc(N(C)C(=O)CCN3CCC(OC(=O)Nc4ccccc4-c4ccccc4)CC3)cc2)cc1CC(C)NC[C@H](O)c1ccc(O)c2[nH]c(=O)ccc12. The third-order valence-electron chi connectivity index (χ3n) is 12.0. The lowest BCUT2D eigenvalue weighted by Crippen LogP contribution is -2.40. The van der Waals surface area contributed by atoms with Gasteiger partial charge in [0.2, 0.25) is 17.4 Å². The van der Waals surface area contributed by atoms with Crippen molar-refractivity contribution in [1.29, 1.82) is 0 Å². The fourth-order valence-electron chi connectivity index (χ4n) is 8.33. The Morgan fingerprint density at radius 1 is 0.894 bits per heavy atom. The summed E-state index contributed by atoms with van der Waals surface area (Å²) in [6, 6.07) is 36.8. The predicted octanol–water partition coefficient (Wildman–Crippen LogP) is 7.09. The number of carbonyl (C=O) groups is 3. The first-order chi connectivity index (χ1) is 31.9. The van der Waals surface area contributed by atoms with E-state index in [0.29, 0.717) is 61.2 Å². The number of aromatic nitrogens is 1. The summed E-state index contributed by atoms with van der Waals surface area (Å²) in [4.78, 5) is 57.4. The van der Waals surface area contributed by atoms with Crippen LogP contribution in [-0.2, 0) is 33.7 Å². The Labute approximate surface area is 384 Å². The number of anilines is 2. The van der Waals surface area contributed by atoms with Gasteiger partial charge in [0.1, 0.15) is 17.6 Å². The highest BCUT2D eigenvalue weighted by atomic mass is 16.6. The number of phenols is 1. The maximum absolute atomic E-state index is 13.2. The number of phenolic OH excluding ortho intramolecular Hbond substituents is 1. The molecule has 0 saturated carbocycles. The standard InChI is InChI=1S/C52H58N6O8/c1-34(53-33-46(60)42-18-20-45(59)51-43(42)19-22-48(61)56-51)29-38-30-36(15-21-47(38)65-3)32-54-49(62)31-35-13-16-39(17-14-35)57(2)50(63)25-28-58-26-23-40(24-27-58)66-52(64)55-44-12-8-7-11-41(44)37-9-5-4-6-10-37/h4-22,30,34,40,46,53,59-60H,23-29,31-33H2,1-3H3,(H,54,62)(H,55,64)(H,56,61)/t34?,46-/m0/s1. The molecule has 6 N–H and O–H groups in total. The Kier molecular flexibility index (Phi) is 15.8. The Bertz CT molecular complexity index is 2660. The second-order valence-corrected chi connectivity index (χ2v) is 16.8. The van der Waals surface area contributed by atoms with Gasteiger partial charge >= 0.3 is 6.09 Å². The zero-order valence-corrected chi connectivity index (χ0v) is 37.6. The summed E-state index contributed by atoms with van der Waals surface area (Å²) >= 11 is 0. The summed E-state index contributed by atoms with van der Waals surface area (Å²) in [6.07, 6.45) is 0.926. The molecular formula is C52H58N6O8. The summed E-state index contributed by atoms with van der Waals surface area (Å²) in [5, 5.41) is 31.1. The van der Waals surface area contributed by atoms with E-state index >= 15 is 0 Å². The monoisotopic (exact) mass is 894 g/mol. The molecule has 14 heteroatoms. The molecule has 3 amide bonds. The molecule has 1 fully saturated rings. The molecule has 2 atom stereocenters. The Morgan fingerprint density at radius 3 is 2.38 bits per heavy atom. The molecule has 0 radical (unpaired) electrons. The van der Waals surface area contributed by atoms with Crippen LogP contribution in [0.4, 0.5) is 16.2 Å². The van der Waals surface area contributed by atoms with Gasteiger partial charge < -0.3 is 45.1 Å². The summed E-state index contributed by atoms with van der Waals surface area (Å²) < 4.78 is 11.4. The van der Waals surface area contributed by atoms with E-state index in [1.165, 1.54) is 12.1 Å². The number of aromatic hydroxyl groups is 1. The fourth-order valence-corrected chi connectivity index (χ4v) is 8.33. The summed E-state index contributed by atoms with van der Waals surface area (Å²) in [5.41, 5.74) is 6.58. The molecule has 1 saturated heterocycles. The average Bonchev–Trinajstić information content (AvgIpc) is 3.33. The number of carbonyl (C=O) groups excluding carboxylic acids is 3. The molecule has 0 spiro atoms. The molecular weight excluding hydrogens is 837 g/mol. The number of aliphatic hydroxyl groups excluding tert-OH is 1. The lowest BCUT2D eigenvalue weighted by atomic mass is 10.0. The molecule has 66 heavy (non-hydrogen) atoms. The van der Waals surface area contributed by atoms with Gasteiger partial charge in [0.25, 0.3) is 0 Å². The molecule has 1 aromatic heterocycles. The van der Waals surface area contributed by atoms with Crippen LogP contribution >= 0.6 is 0 Å². The van der Waals surface area contributed by atoms with Crippen molar-refractivity contribution >= 4 is 40.2 Å². The van der Waals surface area contributed by atoms with E-state index in [2.05, 4.69) is 25.8 Å². The number of H-pyrrole nitrogens is 1. The maximum atomic E-state index is 13.2. The van der Waals surface area contributed by atoms with Gasteiger partial charge in [-0.1, -0.05) is 78.9 Å². The highest BCUT2D eigenvalue weighted by molar-refractivity contribution is 5.93. The first-order valence-corrected chi connectivity index (χ1v) is 22.3. The number of aliphatic hydroxyl groups is 1. The number of hydrogen-bond acceptors (Lipinski definition) is 10. The molecule has 5 aromatic carbocycles. The number of hydrogen-bond donors (Lipinski definition) is 6. The lowest BCUT2D eigenvalue weighted by molar-refractivity contribution is -0.120. The van der Waals surface area contributed by atoms with Crippen LogP contribution in [-0.4, -0.2) is 90.5 Å². The van der Waals surface area contributed by atoms with Crippen molar-refractivity contribution in [2.45, 2.75) is 63.8 Å². The van der Waals surface area contributed by atoms with Crippen LogP contribution in [0.2, 0.25) is 0 Å². The van der Waals surface area contributed by atoms with Gasteiger partial charge in [-0.3, -0.25) is 19.7 Å². The highest BCUT2D eigenvalue weighted by Gasteiger charge is 2.24. The maximum Gasteiger partial charge on any atom is 0.411 e. The number of aromatic amines is 1. The molecule has 344 valence electrons. The molecule has 6 aromatic rings. The summed E-state index contributed by atoms with van der Waals surface area (Å²) in [7, 11) is 3.37. The average molecular weight is 895 g/mol. The first kappa shape index (κ1) is 47.0. The van der Waals surface area contributed by atoms with E-state index in [4.69, 9.17) is 9.47 Å². The zero-order chi connectivity index (χ0) is 46.6. The number of amides is 3. The zero-order valence-electron chi connectivity index (χ0n) is 37.6. The number of ether oxygens (including phenoxy) is 2. The van der Waals surface area contributed by atoms with E-state index in [9.17, 15) is 29.4 Å². The van der Waals surface area contributed by atoms with E-state index in [0.717, 1.165) is 46.6 Å². The number of benzene rings is 5. The Balaban J connectivity index is 0.812. The van der Waals surface area contributed by atoms with E-state index in [1.54, 1.807) is 31.2 Å². The van der Waals surface area contributed by atoms with E-state index in [-0.39, 0.29) is 53.8 Å². The van der Waals surface area contributed by atoms with Gasteiger partial charge in [0.05, 0.1) is 30.8 Å². The van der Waals surface area contributed by atoms with Gasteiger partial charge in [-0.15, -0.1) is 0 Å². The number of para-hydroxylation sites is 1. The Hall–Kier alpha value is -7.00. The smallest absolute Gasteiger partial charge is 0.411 e. The van der Waals surface area contributed by atoms with Crippen molar-refractivity contribution in [3.05, 3.63) is 154 Å². The fraction of sp³-hybridized carbons (Fsp3) is 0.308. The van der Waals surface area contributed by atoms with Gasteiger partial charge in [-0.25, -0.2) is 4.79 Å². The van der Waals surface area contributed by atoms with Crippen LogP contribution in [0.5, 0.6) is 11.5 Å². The number of likely N-dealkylation sites (tertiary alicyclic amines) is 1. The van der Waals surface area contributed by atoms with Crippen LogP contribution in [0.3, 0.4) is 0 Å². The molecule has 1 aliphatic heterocycles. The normalized spacial score (nSPS) is 14.0. The van der Waals surface area contributed by atoms with Gasteiger partial charge in [-0.05, 0) is 90.4 Å². The summed E-state index contributed by atoms with van der Waals surface area (Å²) in [6.45, 7) is 4.62. The number of pyridine rings is 1. The van der Waals surface area contributed by atoms with Crippen LogP contribution in [0.25, 0.3) is 22.0 Å². The molecule has 1 unspecified atom stereocenters. The summed E-state index contributed by atoms with van der Waals surface area (Å²) in [5.74, 6) is 0.500. The Morgan fingerprint density at radius 2 is 1.62 bits per heavy atom. The van der Waals surface area contributed by atoms with Crippen molar-refractivity contribution in [1.82, 2.24) is 20.5 Å². The second-order valence-electron chi connectivity index (χ2n) is 16.8. The third-order valence-corrected chi connectivity index (χ3v) is 12.0. The highest BCUT2D eigenvalue weighted by Crippen LogP contribution is 2.30. The minimum absolute atomic E-state index is 0.0145. The van der Waals surface area contributed by atoms with Crippen LogP contribution in [0, 0.1) is 0 Å². The van der Waals surface area contributed by atoms with Crippen molar-refractivity contribution in [2.75, 3.05) is 50.6 Å². The number of piperidine rings is 1. The van der Waals surface area contributed by atoms with Crippen molar-refractivity contribution in [3.8, 4) is 22.6 Å². The van der Waals surface area contributed by atoms with Crippen molar-refractivity contribution in [2.24, 2.45) is 0 Å². The molecule has 2 heterocycles. The molecule has 14 nitrogen and oxygen atoms in total.